The topological polar surface area (TPSA) is 123 Å². The molecule has 4 N–H and O–H groups in total. The average molecular weight is 329 g/mol. The number of hydrazone groups is 1. The van der Waals surface area contributed by atoms with Gasteiger partial charge >= 0.3 is 10.1 Å². The SMILES string of the molecule is Cc1ccc(S(=O)(=O)ON(N)C(N)=NN2CCOCC2)cc1. The van der Waals surface area contributed by atoms with E-state index in [4.69, 9.17) is 20.6 Å². The van der Waals surface area contributed by atoms with Crippen LogP contribution in [0.25, 0.3) is 0 Å². The number of nitrogens with zero attached hydrogens (tertiary/aromatic N) is 3. The van der Waals surface area contributed by atoms with E-state index in [0.29, 0.717) is 31.5 Å². The zero-order chi connectivity index (χ0) is 16.2. The Kier molecular flexibility index (Phi) is 5.19. The maximum Gasteiger partial charge on any atom is 0.319 e. The van der Waals surface area contributed by atoms with Crippen LogP contribution >= 0.6 is 0 Å². The summed E-state index contributed by atoms with van der Waals surface area (Å²) in [6.45, 7) is 3.96. The molecule has 9 nitrogen and oxygen atoms in total. The van der Waals surface area contributed by atoms with Crippen LogP contribution in [0.1, 0.15) is 5.56 Å². The van der Waals surface area contributed by atoms with Crippen LogP contribution in [0.15, 0.2) is 34.3 Å². The minimum atomic E-state index is -4.07. The van der Waals surface area contributed by atoms with Crippen LogP contribution in [0.4, 0.5) is 0 Å². The Balaban J connectivity index is 2.04. The van der Waals surface area contributed by atoms with E-state index in [1.807, 2.05) is 6.92 Å². The summed E-state index contributed by atoms with van der Waals surface area (Å²) in [5.41, 5.74) is 6.56. The van der Waals surface area contributed by atoms with Gasteiger partial charge in [-0.25, -0.2) is 5.84 Å². The Hall–Kier alpha value is -1.88. The van der Waals surface area contributed by atoms with E-state index in [1.165, 1.54) is 12.1 Å². The van der Waals surface area contributed by atoms with Gasteiger partial charge in [0.05, 0.1) is 31.2 Å². The van der Waals surface area contributed by atoms with Gasteiger partial charge in [-0.05, 0) is 19.1 Å². The van der Waals surface area contributed by atoms with Crippen molar-refractivity contribution in [1.82, 2.24) is 10.2 Å². The second-order valence-electron chi connectivity index (χ2n) is 4.69. The summed E-state index contributed by atoms with van der Waals surface area (Å²) in [4.78, 5) is -0.0206. The molecule has 1 aromatic rings. The van der Waals surface area contributed by atoms with E-state index in [-0.39, 0.29) is 10.9 Å². The lowest BCUT2D eigenvalue weighted by Crippen LogP contribution is -2.46. The molecule has 0 unspecified atom stereocenters. The second-order valence-corrected chi connectivity index (χ2v) is 6.22. The summed E-state index contributed by atoms with van der Waals surface area (Å²) in [5, 5.41) is 6.05. The molecule has 1 aliphatic heterocycles. The number of hydrogen-bond acceptors (Lipinski definition) is 7. The summed E-state index contributed by atoms with van der Waals surface area (Å²) < 4.78 is 34.0. The molecule has 0 radical (unpaired) electrons. The third-order valence-electron chi connectivity index (χ3n) is 2.95. The van der Waals surface area contributed by atoms with Crippen molar-refractivity contribution in [2.45, 2.75) is 11.8 Å². The predicted octanol–water partition coefficient (Wildman–Crippen LogP) is -0.647. The average Bonchev–Trinajstić information content (AvgIpc) is 2.48. The van der Waals surface area contributed by atoms with E-state index >= 15 is 0 Å². The van der Waals surface area contributed by atoms with Gasteiger partial charge in [0.25, 0.3) is 5.96 Å². The fourth-order valence-corrected chi connectivity index (χ4v) is 2.58. The van der Waals surface area contributed by atoms with E-state index in [1.54, 1.807) is 17.1 Å². The zero-order valence-electron chi connectivity index (χ0n) is 12.2. The molecule has 10 heteroatoms. The molecule has 1 aromatic carbocycles. The first-order valence-electron chi connectivity index (χ1n) is 6.61. The van der Waals surface area contributed by atoms with Gasteiger partial charge in [0, 0.05) is 0 Å². The molecule has 0 spiro atoms. The van der Waals surface area contributed by atoms with Crippen LogP contribution in [-0.4, -0.2) is 50.9 Å². The Bertz CT molecular complexity index is 625. The van der Waals surface area contributed by atoms with Crippen LogP contribution in [-0.2, 0) is 19.1 Å². The molecule has 0 aliphatic carbocycles. The lowest BCUT2D eigenvalue weighted by molar-refractivity contribution is 0.0136. The Labute approximate surface area is 129 Å². The molecular formula is C12H19N5O4S. The van der Waals surface area contributed by atoms with Crippen molar-refractivity contribution in [1.29, 1.82) is 0 Å². The van der Waals surface area contributed by atoms with Gasteiger partial charge in [0.1, 0.15) is 0 Å². The van der Waals surface area contributed by atoms with Crippen molar-refractivity contribution >= 4 is 16.1 Å². The third-order valence-corrected chi connectivity index (χ3v) is 4.15. The molecule has 22 heavy (non-hydrogen) atoms. The Morgan fingerprint density at radius 3 is 2.50 bits per heavy atom. The number of hydrogen-bond donors (Lipinski definition) is 2. The fraction of sp³-hybridized carbons (Fsp3) is 0.417. The van der Waals surface area contributed by atoms with Crippen LogP contribution in [0.2, 0.25) is 0 Å². The highest BCUT2D eigenvalue weighted by atomic mass is 32.2. The summed E-state index contributed by atoms with van der Waals surface area (Å²) in [6.07, 6.45) is 0. The molecular weight excluding hydrogens is 310 g/mol. The van der Waals surface area contributed by atoms with Crippen LogP contribution in [0.5, 0.6) is 0 Å². The minimum absolute atomic E-state index is 0.0206. The molecule has 0 saturated carbocycles. The zero-order valence-corrected chi connectivity index (χ0v) is 13.0. The molecule has 1 heterocycles. The van der Waals surface area contributed by atoms with Gasteiger partial charge in [-0.3, -0.25) is 5.01 Å². The van der Waals surface area contributed by atoms with Gasteiger partial charge < -0.3 is 10.5 Å². The summed E-state index contributed by atoms with van der Waals surface area (Å²) >= 11 is 0. The number of nitrogens with two attached hydrogens (primary N) is 2. The highest BCUT2D eigenvalue weighted by Gasteiger charge is 2.21. The van der Waals surface area contributed by atoms with Crippen LogP contribution in [0.3, 0.4) is 0 Å². The molecule has 0 aromatic heterocycles. The summed E-state index contributed by atoms with van der Waals surface area (Å²) in [7, 11) is -4.07. The maximum atomic E-state index is 12.1. The van der Waals surface area contributed by atoms with Gasteiger partial charge in [-0.1, -0.05) is 17.7 Å². The standard InChI is InChI=1S/C12H19N5O4S/c1-10-2-4-11(5-3-10)22(18,19)21-17(14)12(13)15-16-6-8-20-9-7-16/h2-5H,6-9,14H2,1H3,(H2,13,15). The monoisotopic (exact) mass is 329 g/mol. The molecule has 1 fully saturated rings. The van der Waals surface area contributed by atoms with Crippen molar-refractivity contribution in [3.8, 4) is 0 Å². The largest absolute Gasteiger partial charge is 0.378 e. The normalized spacial score (nSPS) is 16.6. The van der Waals surface area contributed by atoms with E-state index in [2.05, 4.69) is 5.10 Å². The van der Waals surface area contributed by atoms with E-state index in [0.717, 1.165) is 5.56 Å². The third kappa shape index (κ3) is 4.31. The second kappa shape index (κ2) is 6.92. The predicted molar refractivity (Wildman–Crippen MR) is 79.5 cm³/mol. The van der Waals surface area contributed by atoms with Gasteiger partial charge in [-0.15, -0.1) is 14.6 Å². The molecule has 1 saturated heterocycles. The molecule has 0 amide bonds. The number of ether oxygens (including phenoxy) is 1. The summed E-state index contributed by atoms with van der Waals surface area (Å²) in [6, 6.07) is 6.16. The first-order valence-corrected chi connectivity index (χ1v) is 8.02. The van der Waals surface area contributed by atoms with Crippen molar-refractivity contribution < 1.29 is 17.4 Å². The lowest BCUT2D eigenvalue weighted by Gasteiger charge is -2.25. The number of aryl methyl sites for hydroxylation is 1. The first kappa shape index (κ1) is 16.5. The van der Waals surface area contributed by atoms with Crippen LogP contribution < -0.4 is 11.6 Å². The number of benzene rings is 1. The van der Waals surface area contributed by atoms with Gasteiger partial charge in [0.15, 0.2) is 0 Å². The Morgan fingerprint density at radius 2 is 1.91 bits per heavy atom. The van der Waals surface area contributed by atoms with E-state index in [9.17, 15) is 8.42 Å². The number of hydrazine groups is 1. The fourth-order valence-electron chi connectivity index (χ4n) is 1.73. The summed E-state index contributed by atoms with van der Waals surface area (Å²) in [5.74, 6) is 5.24. The molecule has 1 aliphatic rings. The van der Waals surface area contributed by atoms with Crippen molar-refractivity contribution in [3.63, 3.8) is 0 Å². The quantitative estimate of drug-likeness (QED) is 0.323. The molecule has 122 valence electrons. The smallest absolute Gasteiger partial charge is 0.319 e. The van der Waals surface area contributed by atoms with Gasteiger partial charge in [0.2, 0.25) is 0 Å². The highest BCUT2D eigenvalue weighted by molar-refractivity contribution is 7.86. The first-order chi connectivity index (χ1) is 10.4. The number of morpholine rings is 1. The molecule has 2 rings (SSSR count). The number of guanidine groups is 1. The van der Waals surface area contributed by atoms with Crippen molar-refractivity contribution in [3.05, 3.63) is 29.8 Å². The van der Waals surface area contributed by atoms with Crippen LogP contribution in [0, 0.1) is 6.92 Å². The number of hydroxylamine groups is 1. The van der Waals surface area contributed by atoms with Crippen molar-refractivity contribution in [2.24, 2.45) is 16.7 Å². The van der Waals surface area contributed by atoms with Crippen molar-refractivity contribution in [2.75, 3.05) is 26.3 Å². The minimum Gasteiger partial charge on any atom is -0.378 e. The molecule has 0 bridgehead atoms. The number of rotatable bonds is 4. The van der Waals surface area contributed by atoms with E-state index < -0.39 is 10.1 Å². The van der Waals surface area contributed by atoms with Gasteiger partial charge in [-0.2, -0.15) is 8.42 Å². The highest BCUT2D eigenvalue weighted by Crippen LogP contribution is 2.13. The maximum absolute atomic E-state index is 12.1. The molecule has 0 atom stereocenters. The Morgan fingerprint density at radius 1 is 1.32 bits per heavy atom. The lowest BCUT2D eigenvalue weighted by atomic mass is 10.2.